The van der Waals surface area contributed by atoms with Crippen LogP contribution in [0.1, 0.15) is 0 Å². The second kappa shape index (κ2) is 3.22. The molecule has 0 saturated heterocycles. The van der Waals surface area contributed by atoms with Crippen LogP contribution in [0.15, 0.2) is 0 Å². The molecule has 0 unspecified atom stereocenters. The molecule has 4 N–H and O–H groups in total. The maximum atomic E-state index is 9.76. The van der Waals surface area contributed by atoms with Gasteiger partial charge in [-0.15, -0.1) is 9.68 Å². The van der Waals surface area contributed by atoms with E-state index in [0.29, 0.717) is 0 Å². The molecule has 0 aromatic carbocycles. The molecule has 0 saturated carbocycles. The summed E-state index contributed by atoms with van der Waals surface area (Å²) in [5.74, 6) is 0. The Morgan fingerprint density at radius 1 is 1.20 bits per heavy atom. The summed E-state index contributed by atoms with van der Waals surface area (Å²) >= 11 is 0. The van der Waals surface area contributed by atoms with E-state index in [4.69, 9.17) is 5.53 Å². The van der Waals surface area contributed by atoms with Gasteiger partial charge < -0.3 is 17.0 Å². The van der Waals surface area contributed by atoms with Crippen LogP contribution in [0.3, 0.4) is 0 Å². The second-order valence-corrected chi connectivity index (χ2v) is 1.06. The van der Waals surface area contributed by atoms with Crippen molar-refractivity contribution in [2.75, 3.05) is 0 Å². The Balaban J connectivity index is 3.65. The Bertz CT molecular complexity index is 158. The van der Waals surface area contributed by atoms with Gasteiger partial charge in [-0.2, -0.15) is 0 Å². The number of hydrogen-bond donors (Lipinski definition) is 2. The molecule has 0 fully saturated rings. The van der Waals surface area contributed by atoms with Crippen LogP contribution in [0.25, 0.3) is 5.53 Å². The van der Waals surface area contributed by atoms with E-state index in [1.807, 2.05) is 0 Å². The van der Waals surface area contributed by atoms with Crippen LogP contribution in [-0.2, 0) is 9.68 Å². The normalized spacial score (nSPS) is 8.00. The number of carbonyl (C=O) groups is 2. The van der Waals surface area contributed by atoms with Crippen LogP contribution < -0.4 is 11.5 Å². The van der Waals surface area contributed by atoms with E-state index in [1.54, 1.807) is 0 Å². The summed E-state index contributed by atoms with van der Waals surface area (Å²) in [5, 5.41) is -0.551. The third-order valence-electron chi connectivity index (χ3n) is 0.336. The molecule has 56 valence electrons. The average Bonchev–Trinajstić information content (AvgIpc) is 1.58. The van der Waals surface area contributed by atoms with Crippen molar-refractivity contribution in [3.63, 3.8) is 0 Å². The highest BCUT2D eigenvalue weighted by atomic mass is 17.0. The van der Waals surface area contributed by atoms with Gasteiger partial charge in [0.15, 0.2) is 0 Å². The van der Waals surface area contributed by atoms with E-state index in [9.17, 15) is 9.59 Å². The molecule has 0 aliphatic rings. The molecule has 0 heterocycles. The van der Waals surface area contributed by atoms with Gasteiger partial charge in [0.05, 0.1) is 0 Å². The summed E-state index contributed by atoms with van der Waals surface area (Å²) in [6.45, 7) is 0. The monoisotopic (exact) mass is 148 g/mol. The molecule has 8 nitrogen and oxygen atoms in total. The second-order valence-electron chi connectivity index (χ2n) is 1.06. The largest absolute Gasteiger partial charge is 0.477 e. The zero-order valence-corrected chi connectivity index (χ0v) is 4.68. The molecule has 0 radical (unpaired) electrons. The summed E-state index contributed by atoms with van der Waals surface area (Å²) in [6, 6.07) is 0. The van der Waals surface area contributed by atoms with Crippen LogP contribution in [-0.4, -0.2) is 17.2 Å². The van der Waals surface area contributed by atoms with E-state index in [0.717, 1.165) is 0 Å². The van der Waals surface area contributed by atoms with Crippen LogP contribution in [0.4, 0.5) is 9.59 Å². The fourth-order valence-electron chi connectivity index (χ4n) is 0.173. The third-order valence-corrected chi connectivity index (χ3v) is 0.336. The molecule has 0 rings (SSSR count). The third kappa shape index (κ3) is 4.30. The maximum Gasteiger partial charge on any atom is 0.477 e. The van der Waals surface area contributed by atoms with Crippen molar-refractivity contribution < 1.29 is 24.3 Å². The summed E-state index contributed by atoms with van der Waals surface area (Å²) in [7, 11) is 0. The van der Waals surface area contributed by atoms with Crippen molar-refractivity contribution in [1.82, 2.24) is 0 Å². The Morgan fingerprint density at radius 2 is 1.50 bits per heavy atom. The van der Waals surface area contributed by atoms with Crippen molar-refractivity contribution in [3.05, 3.63) is 5.53 Å². The molecular formula is C2H4N4O4. The number of hydrogen-bond acceptors (Lipinski definition) is 4. The number of carbonyl (C=O) groups excluding carboxylic acids is 2. The lowest BCUT2D eigenvalue weighted by molar-refractivity contribution is -0.943. The molecule has 0 bridgehead atoms. The number of nitrogens with zero attached hydrogens (tertiary/aromatic N) is 2. The Kier molecular flexibility index (Phi) is 2.62. The fourth-order valence-corrected chi connectivity index (χ4v) is 0.173. The van der Waals surface area contributed by atoms with Gasteiger partial charge in [0.25, 0.3) is 0 Å². The molecule has 8 heteroatoms. The van der Waals surface area contributed by atoms with E-state index in [2.05, 4.69) is 21.1 Å². The molecule has 0 aliphatic carbocycles. The van der Waals surface area contributed by atoms with Crippen molar-refractivity contribution in [3.8, 4) is 0 Å². The van der Waals surface area contributed by atoms with Crippen molar-refractivity contribution in [2.24, 2.45) is 11.5 Å². The SMILES string of the molecule is [N-]=[N+](OC(N)=O)OC(N)=O. The lowest BCUT2D eigenvalue weighted by atomic mass is 11.3. The van der Waals surface area contributed by atoms with Gasteiger partial charge in [0.2, 0.25) is 0 Å². The standard InChI is InChI=1S/C2H4N4O4/c3-1(7)9-6(5)10-2(4)8/h(H2,3,7)(H2,4,8). The van der Waals surface area contributed by atoms with Gasteiger partial charge in [-0.05, 0) is 0 Å². The number of amides is 2. The van der Waals surface area contributed by atoms with Crippen molar-refractivity contribution in [1.29, 1.82) is 0 Å². The Morgan fingerprint density at radius 3 is 1.70 bits per heavy atom. The quantitative estimate of drug-likeness (QED) is 0.385. The van der Waals surface area contributed by atoms with Gasteiger partial charge in [-0.25, -0.2) is 9.59 Å². The minimum Gasteiger partial charge on any atom is -0.390 e. The zero-order valence-electron chi connectivity index (χ0n) is 4.68. The summed E-state index contributed by atoms with van der Waals surface area (Å²) in [4.78, 5) is 26.6. The predicted octanol–water partition coefficient (Wildman–Crippen LogP) is -0.959. The minimum atomic E-state index is -1.34. The number of primary amides is 2. The zero-order chi connectivity index (χ0) is 8.15. The Hall–Kier alpha value is -1.86. The molecule has 0 aromatic rings. The molecule has 2 amide bonds. The van der Waals surface area contributed by atoms with Gasteiger partial charge in [-0.1, -0.05) is 0 Å². The molecule has 0 spiro atoms. The molecule has 0 aromatic heterocycles. The maximum absolute atomic E-state index is 9.76. The van der Waals surface area contributed by atoms with E-state index >= 15 is 0 Å². The van der Waals surface area contributed by atoms with E-state index < -0.39 is 17.2 Å². The molecule has 10 heavy (non-hydrogen) atoms. The minimum absolute atomic E-state index is 0.551. The first-order chi connectivity index (χ1) is 4.52. The smallest absolute Gasteiger partial charge is 0.390 e. The van der Waals surface area contributed by atoms with Crippen molar-refractivity contribution in [2.45, 2.75) is 0 Å². The predicted molar refractivity (Wildman–Crippen MR) is 25.0 cm³/mol. The van der Waals surface area contributed by atoms with Crippen LogP contribution >= 0.6 is 0 Å². The van der Waals surface area contributed by atoms with E-state index in [-0.39, 0.29) is 0 Å². The first-order valence-corrected chi connectivity index (χ1v) is 1.96. The van der Waals surface area contributed by atoms with Crippen LogP contribution in [0.5, 0.6) is 0 Å². The van der Waals surface area contributed by atoms with Gasteiger partial charge in [0, 0.05) is 0 Å². The van der Waals surface area contributed by atoms with Crippen LogP contribution in [0, 0.1) is 0 Å². The molecule has 0 aliphatic heterocycles. The Labute approximate surface area is 54.7 Å². The number of nitrogens with two attached hydrogens (primary N) is 2. The first-order valence-electron chi connectivity index (χ1n) is 1.96. The topological polar surface area (TPSA) is 130 Å². The number of rotatable bonds is 2. The fraction of sp³-hybridized carbons (Fsp3) is 0. The first kappa shape index (κ1) is 8.14. The summed E-state index contributed by atoms with van der Waals surface area (Å²) in [5.41, 5.74) is 16.9. The highest BCUT2D eigenvalue weighted by Crippen LogP contribution is 1.80. The lowest BCUT2D eigenvalue weighted by Crippen LogP contribution is -2.25. The molecule has 0 atom stereocenters. The van der Waals surface area contributed by atoms with Gasteiger partial charge >= 0.3 is 12.2 Å². The van der Waals surface area contributed by atoms with Gasteiger partial charge in [-0.3, -0.25) is 0 Å². The highest BCUT2D eigenvalue weighted by Gasteiger charge is 2.08. The van der Waals surface area contributed by atoms with Crippen molar-refractivity contribution >= 4 is 12.2 Å². The van der Waals surface area contributed by atoms with Crippen LogP contribution in [0.2, 0.25) is 0 Å². The lowest BCUT2D eigenvalue weighted by Gasteiger charge is -1.94. The summed E-state index contributed by atoms with van der Waals surface area (Å²) in [6.07, 6.45) is -2.69. The van der Waals surface area contributed by atoms with E-state index in [1.165, 1.54) is 0 Å². The highest BCUT2D eigenvalue weighted by molar-refractivity contribution is 5.64. The molecular weight excluding hydrogens is 144 g/mol. The average molecular weight is 148 g/mol. The summed E-state index contributed by atoms with van der Waals surface area (Å²) < 4.78 is 0. The van der Waals surface area contributed by atoms with Gasteiger partial charge in [0.1, 0.15) is 5.02 Å².